The van der Waals surface area contributed by atoms with Gasteiger partial charge in [0.2, 0.25) is 5.91 Å². The molecule has 0 saturated carbocycles. The van der Waals surface area contributed by atoms with E-state index in [9.17, 15) is 14.4 Å². The largest absolute Gasteiger partial charge is 0.279 e. The average Bonchev–Trinajstić information content (AvgIpc) is 3.17. The van der Waals surface area contributed by atoms with Crippen molar-refractivity contribution in [3.05, 3.63) is 61.7 Å². The Bertz CT molecular complexity index is 1210. The third kappa shape index (κ3) is 4.54. The number of amides is 2. The molecule has 8 heteroatoms. The molecule has 0 radical (unpaired) electrons. The molecule has 1 atom stereocenters. The molecule has 2 heterocycles. The van der Waals surface area contributed by atoms with Crippen LogP contribution in [0.1, 0.15) is 53.0 Å². The molecule has 3 aromatic rings. The number of carbonyl (C=O) groups excluding carboxylic acids is 2. The maximum absolute atomic E-state index is 12.6. The number of fused-ring (bicyclic) bond motifs is 2. The summed E-state index contributed by atoms with van der Waals surface area (Å²) in [4.78, 5) is 38.7. The molecule has 2 aromatic heterocycles. The lowest BCUT2D eigenvalue weighted by atomic mass is 9.72. The van der Waals surface area contributed by atoms with E-state index < -0.39 is 5.91 Å². The van der Waals surface area contributed by atoms with E-state index in [1.807, 2.05) is 6.07 Å². The van der Waals surface area contributed by atoms with Gasteiger partial charge in [-0.05, 0) is 48.3 Å². The van der Waals surface area contributed by atoms with Crippen molar-refractivity contribution in [1.82, 2.24) is 21.0 Å². The molecule has 0 saturated heterocycles. The molecule has 0 fully saturated rings. The number of aromatic nitrogens is 2. The molecule has 1 aliphatic carbocycles. The first-order valence-electron chi connectivity index (χ1n) is 10.4. The highest BCUT2D eigenvalue weighted by atomic mass is 32.1. The maximum atomic E-state index is 12.6. The van der Waals surface area contributed by atoms with Crippen LogP contribution in [0.5, 0.6) is 0 Å². The summed E-state index contributed by atoms with van der Waals surface area (Å²) < 4.78 is 0. The Labute approximate surface area is 184 Å². The molecule has 1 aliphatic rings. The summed E-state index contributed by atoms with van der Waals surface area (Å²) in [5.41, 5.74) is 6.60. The SMILES string of the molecule is CC(C)(C)C1CCc2sc(C(=O)NNC(=O)Cc3n[nH]c(=O)c4ccccc34)cc2C1. The van der Waals surface area contributed by atoms with Gasteiger partial charge in [-0.25, -0.2) is 5.10 Å². The van der Waals surface area contributed by atoms with Crippen LogP contribution in [-0.2, 0) is 24.1 Å². The summed E-state index contributed by atoms with van der Waals surface area (Å²) in [6.07, 6.45) is 3.05. The molecule has 4 rings (SSSR count). The number of hydrogen-bond donors (Lipinski definition) is 3. The third-order valence-electron chi connectivity index (χ3n) is 5.95. The van der Waals surface area contributed by atoms with E-state index >= 15 is 0 Å². The van der Waals surface area contributed by atoms with Crippen molar-refractivity contribution in [2.24, 2.45) is 11.3 Å². The zero-order chi connectivity index (χ0) is 22.2. The fraction of sp³-hybridized carbons (Fsp3) is 0.391. The first-order chi connectivity index (χ1) is 14.7. The summed E-state index contributed by atoms with van der Waals surface area (Å²) in [6, 6.07) is 8.93. The predicted molar refractivity (Wildman–Crippen MR) is 121 cm³/mol. The smallest absolute Gasteiger partial charge is 0.273 e. The van der Waals surface area contributed by atoms with Crippen LogP contribution in [0.2, 0.25) is 0 Å². The van der Waals surface area contributed by atoms with Gasteiger partial charge in [0.05, 0.1) is 22.4 Å². The molecule has 1 unspecified atom stereocenters. The molecule has 3 N–H and O–H groups in total. The number of aryl methyl sites for hydroxylation is 1. The second-order valence-electron chi connectivity index (χ2n) is 9.09. The number of H-pyrrole nitrogens is 1. The molecule has 0 bridgehead atoms. The highest BCUT2D eigenvalue weighted by molar-refractivity contribution is 7.14. The zero-order valence-corrected chi connectivity index (χ0v) is 18.7. The van der Waals surface area contributed by atoms with Crippen molar-refractivity contribution in [2.45, 2.75) is 46.5 Å². The molecule has 1 aromatic carbocycles. The van der Waals surface area contributed by atoms with E-state index in [-0.39, 0.29) is 23.3 Å². The molecular weight excluding hydrogens is 412 g/mol. The van der Waals surface area contributed by atoms with Gasteiger partial charge in [0.15, 0.2) is 0 Å². The number of rotatable bonds is 3. The zero-order valence-electron chi connectivity index (χ0n) is 17.9. The topological polar surface area (TPSA) is 104 Å². The molecule has 2 amide bonds. The Balaban J connectivity index is 1.39. The number of benzene rings is 1. The number of thiophene rings is 1. The van der Waals surface area contributed by atoms with Gasteiger partial charge in [-0.1, -0.05) is 39.0 Å². The van der Waals surface area contributed by atoms with Gasteiger partial charge in [0.25, 0.3) is 11.5 Å². The fourth-order valence-corrected chi connectivity index (χ4v) is 5.17. The monoisotopic (exact) mass is 438 g/mol. The predicted octanol–water partition coefficient (Wildman–Crippen LogP) is 3.14. The van der Waals surface area contributed by atoms with Crippen molar-refractivity contribution in [1.29, 1.82) is 0 Å². The number of hydrazine groups is 1. The van der Waals surface area contributed by atoms with Crippen LogP contribution in [0.15, 0.2) is 35.1 Å². The lowest BCUT2D eigenvalue weighted by molar-refractivity contribution is -0.121. The standard InChI is InChI=1S/C23H26N4O3S/c1-23(2,3)14-8-9-18-13(10-14)11-19(31-18)22(30)27-25-20(28)12-17-15-6-4-5-7-16(15)21(29)26-24-17/h4-7,11,14H,8-10,12H2,1-3H3,(H,25,28)(H,26,29)(H,27,30). The van der Waals surface area contributed by atoms with Crippen LogP contribution >= 0.6 is 11.3 Å². The first kappa shape index (κ1) is 21.2. The number of nitrogens with one attached hydrogen (secondary N) is 3. The fourth-order valence-electron chi connectivity index (χ4n) is 4.07. The molecular formula is C23H26N4O3S. The van der Waals surface area contributed by atoms with Gasteiger partial charge in [-0.2, -0.15) is 5.10 Å². The van der Waals surface area contributed by atoms with Gasteiger partial charge >= 0.3 is 0 Å². The summed E-state index contributed by atoms with van der Waals surface area (Å²) in [5.74, 6) is -0.128. The molecule has 31 heavy (non-hydrogen) atoms. The summed E-state index contributed by atoms with van der Waals surface area (Å²) in [5, 5.41) is 7.49. The van der Waals surface area contributed by atoms with E-state index in [4.69, 9.17) is 0 Å². The second-order valence-corrected chi connectivity index (χ2v) is 10.2. The maximum Gasteiger partial charge on any atom is 0.279 e. The van der Waals surface area contributed by atoms with E-state index in [2.05, 4.69) is 41.8 Å². The molecule has 7 nitrogen and oxygen atoms in total. The number of nitrogens with zero attached hydrogens (tertiary/aromatic N) is 1. The van der Waals surface area contributed by atoms with Gasteiger partial charge in [-0.3, -0.25) is 25.2 Å². The van der Waals surface area contributed by atoms with Gasteiger partial charge in [0, 0.05) is 10.3 Å². The molecule has 162 valence electrons. The minimum Gasteiger partial charge on any atom is -0.273 e. The summed E-state index contributed by atoms with van der Waals surface area (Å²) >= 11 is 1.50. The number of carbonyl (C=O) groups is 2. The Morgan fingerprint density at radius 1 is 1.19 bits per heavy atom. The minimum absolute atomic E-state index is 0.0637. The average molecular weight is 439 g/mol. The Hall–Kier alpha value is -3.00. The van der Waals surface area contributed by atoms with E-state index in [0.717, 1.165) is 19.3 Å². The van der Waals surface area contributed by atoms with Crippen molar-refractivity contribution in [3.8, 4) is 0 Å². The molecule has 0 aliphatic heterocycles. The quantitative estimate of drug-likeness (QED) is 0.547. The third-order valence-corrected chi connectivity index (χ3v) is 7.19. The van der Waals surface area contributed by atoms with Crippen LogP contribution in [0.25, 0.3) is 10.8 Å². The van der Waals surface area contributed by atoms with Gasteiger partial charge < -0.3 is 0 Å². The highest BCUT2D eigenvalue weighted by Crippen LogP contribution is 2.40. The number of aromatic amines is 1. The van der Waals surface area contributed by atoms with Crippen LogP contribution in [0.3, 0.4) is 0 Å². The van der Waals surface area contributed by atoms with Crippen LogP contribution in [0, 0.1) is 11.3 Å². The Morgan fingerprint density at radius 2 is 1.94 bits per heavy atom. The van der Waals surface area contributed by atoms with Crippen molar-refractivity contribution in [3.63, 3.8) is 0 Å². The lowest BCUT2D eigenvalue weighted by Crippen LogP contribution is -2.42. The lowest BCUT2D eigenvalue weighted by Gasteiger charge is -2.33. The van der Waals surface area contributed by atoms with E-state index in [0.29, 0.717) is 27.3 Å². The van der Waals surface area contributed by atoms with Crippen LogP contribution in [0.4, 0.5) is 0 Å². The second kappa shape index (κ2) is 8.26. The van der Waals surface area contributed by atoms with Crippen molar-refractivity contribution in [2.75, 3.05) is 0 Å². The van der Waals surface area contributed by atoms with Crippen molar-refractivity contribution >= 4 is 33.9 Å². The van der Waals surface area contributed by atoms with E-state index in [1.54, 1.807) is 24.3 Å². The molecule has 0 spiro atoms. The van der Waals surface area contributed by atoms with Crippen LogP contribution in [-0.4, -0.2) is 22.0 Å². The number of hydrogen-bond acceptors (Lipinski definition) is 5. The van der Waals surface area contributed by atoms with Crippen LogP contribution < -0.4 is 16.4 Å². The van der Waals surface area contributed by atoms with E-state index in [1.165, 1.54) is 21.8 Å². The Kier molecular flexibility index (Phi) is 5.66. The normalized spacial score (nSPS) is 16.0. The Morgan fingerprint density at radius 3 is 2.68 bits per heavy atom. The minimum atomic E-state index is -0.410. The van der Waals surface area contributed by atoms with Gasteiger partial charge in [-0.15, -0.1) is 11.3 Å². The summed E-state index contributed by atoms with van der Waals surface area (Å²) in [7, 11) is 0. The van der Waals surface area contributed by atoms with Gasteiger partial charge in [0.1, 0.15) is 0 Å². The summed E-state index contributed by atoms with van der Waals surface area (Å²) in [6.45, 7) is 6.79. The van der Waals surface area contributed by atoms with Crippen molar-refractivity contribution < 1.29 is 9.59 Å². The highest BCUT2D eigenvalue weighted by Gasteiger charge is 2.30. The first-order valence-corrected chi connectivity index (χ1v) is 11.2.